The number of nitrogens with zero attached hydrogens (tertiary/aromatic N) is 3. The number of carbonyl (C=O) groups is 1. The average Bonchev–Trinajstić information content (AvgIpc) is 3.54. The van der Waals surface area contributed by atoms with Crippen LogP contribution in [0.3, 0.4) is 0 Å². The van der Waals surface area contributed by atoms with E-state index >= 15 is 0 Å². The van der Waals surface area contributed by atoms with Crippen LogP contribution < -0.4 is 14.8 Å². The number of nitrogens with one attached hydrogen (secondary N) is 1. The number of aromatic nitrogens is 3. The molecule has 3 heterocycles. The number of fused-ring (bicyclic) bond motifs is 2. The van der Waals surface area contributed by atoms with Gasteiger partial charge in [-0.1, -0.05) is 0 Å². The second kappa shape index (κ2) is 10.9. The van der Waals surface area contributed by atoms with E-state index in [4.69, 9.17) is 9.47 Å². The molecule has 0 bridgehead atoms. The summed E-state index contributed by atoms with van der Waals surface area (Å²) in [4.78, 5) is 17.4. The Labute approximate surface area is 242 Å². The number of pyridine rings is 1. The second-order valence-corrected chi connectivity index (χ2v) is 15.7. The number of amides is 1. The Hall–Kier alpha value is -3.56. The molecule has 1 fully saturated rings. The zero-order valence-corrected chi connectivity index (χ0v) is 24.0. The van der Waals surface area contributed by atoms with E-state index in [0.717, 1.165) is 22.6 Å². The molecule has 222 valence electrons. The number of alkyl halides is 7. The van der Waals surface area contributed by atoms with Crippen molar-refractivity contribution < 1.29 is 40.6 Å². The summed E-state index contributed by atoms with van der Waals surface area (Å²) in [6.07, 6.45) is -1.72. The van der Waals surface area contributed by atoms with E-state index in [1.807, 2.05) is 0 Å². The van der Waals surface area contributed by atoms with Crippen LogP contribution in [-0.4, -0.2) is 49.0 Å². The fourth-order valence-electron chi connectivity index (χ4n) is 4.77. The molecule has 42 heavy (non-hydrogen) atoms. The van der Waals surface area contributed by atoms with Crippen molar-refractivity contribution in [2.75, 3.05) is 18.3 Å². The third-order valence-electron chi connectivity index (χ3n) is 7.01. The Bertz CT molecular complexity index is 1660. The molecule has 1 aliphatic heterocycles. The molecule has 6 rings (SSSR count). The van der Waals surface area contributed by atoms with Gasteiger partial charge in [-0.25, -0.2) is 0 Å². The maximum absolute atomic E-state index is 14.5. The molecule has 0 saturated heterocycles. The normalized spacial score (nSPS) is 16.4. The third-order valence-corrected chi connectivity index (χ3v) is 13.7. The third kappa shape index (κ3) is 5.47. The van der Waals surface area contributed by atoms with Crippen LogP contribution in [0.2, 0.25) is 0 Å². The Morgan fingerprint density at radius 3 is 2.57 bits per heavy atom. The van der Waals surface area contributed by atoms with E-state index in [9.17, 15) is 31.1 Å². The number of ether oxygens (including phenoxy) is 2. The molecule has 0 spiro atoms. The molecule has 1 aliphatic carbocycles. The van der Waals surface area contributed by atoms with Crippen LogP contribution in [0.25, 0.3) is 22.2 Å². The SMILES string of the molecule is COc1cc(C(=O)NC[C@H](c2cc3c(c(-c4ccc(F)cc4)n2)OCI3C2CC2)C(F)(F)F)cc2cn(C(F)F)nc12. The van der Waals surface area contributed by atoms with E-state index in [1.165, 1.54) is 49.6 Å². The van der Waals surface area contributed by atoms with Gasteiger partial charge in [0.2, 0.25) is 0 Å². The summed E-state index contributed by atoms with van der Waals surface area (Å²) in [5.74, 6) is -3.03. The number of halogens is 7. The predicted octanol–water partition coefficient (Wildman–Crippen LogP) is 6.91. The van der Waals surface area contributed by atoms with Gasteiger partial charge in [0.1, 0.15) is 0 Å². The minimum atomic E-state index is -4.77. The molecule has 0 radical (unpaired) electrons. The van der Waals surface area contributed by atoms with Gasteiger partial charge in [0, 0.05) is 0 Å². The molecule has 1 atom stereocenters. The van der Waals surface area contributed by atoms with Crippen molar-refractivity contribution in [1.82, 2.24) is 20.1 Å². The molecule has 14 heteroatoms. The molecule has 1 amide bonds. The molecule has 2 aromatic carbocycles. The van der Waals surface area contributed by atoms with E-state index < -0.39 is 56.7 Å². The van der Waals surface area contributed by atoms with E-state index in [-0.39, 0.29) is 33.6 Å². The maximum atomic E-state index is 14.5. The fourth-order valence-corrected chi connectivity index (χ4v) is 10.8. The number of hydrogen-bond acceptors (Lipinski definition) is 5. The van der Waals surface area contributed by atoms with Crippen LogP contribution in [0.15, 0.2) is 48.7 Å². The minimum absolute atomic E-state index is 0.0189. The van der Waals surface area contributed by atoms with Crippen LogP contribution >= 0.6 is 19.8 Å². The number of hydrogen-bond donors (Lipinski definition) is 1. The van der Waals surface area contributed by atoms with Crippen LogP contribution in [0, 0.1) is 9.39 Å². The monoisotopic (exact) mass is 704 g/mol. The van der Waals surface area contributed by atoms with Gasteiger partial charge in [0.05, 0.1) is 0 Å². The molecule has 0 unspecified atom stereocenters. The van der Waals surface area contributed by atoms with E-state index in [1.54, 1.807) is 0 Å². The van der Waals surface area contributed by atoms with Crippen LogP contribution in [0.5, 0.6) is 11.5 Å². The Morgan fingerprint density at radius 1 is 1.19 bits per heavy atom. The fraction of sp³-hybridized carbons (Fsp3) is 0.321. The molecule has 2 aromatic heterocycles. The summed E-state index contributed by atoms with van der Waals surface area (Å²) in [7, 11) is 1.26. The van der Waals surface area contributed by atoms with Crippen molar-refractivity contribution in [3.63, 3.8) is 0 Å². The van der Waals surface area contributed by atoms with Gasteiger partial charge in [-0.05, 0) is 0 Å². The molecule has 7 nitrogen and oxygen atoms in total. The first-order valence-corrected chi connectivity index (χ1v) is 16.7. The Morgan fingerprint density at radius 2 is 1.93 bits per heavy atom. The van der Waals surface area contributed by atoms with Crippen LogP contribution in [-0.2, 0) is 0 Å². The molecule has 1 N–H and O–H groups in total. The molecule has 1 saturated carbocycles. The van der Waals surface area contributed by atoms with Gasteiger partial charge < -0.3 is 0 Å². The molecule has 4 aromatic rings. The summed E-state index contributed by atoms with van der Waals surface area (Å²) < 4.78 is 96.7. The zero-order valence-electron chi connectivity index (χ0n) is 21.9. The molecule has 2 aliphatic rings. The topological polar surface area (TPSA) is 78.3 Å². The predicted molar refractivity (Wildman–Crippen MR) is 150 cm³/mol. The molecular weight excluding hydrogens is 681 g/mol. The average molecular weight is 704 g/mol. The van der Waals surface area contributed by atoms with Crippen molar-refractivity contribution in [2.45, 2.75) is 35.4 Å². The van der Waals surface area contributed by atoms with Gasteiger partial charge in [-0.2, -0.15) is 8.78 Å². The first-order chi connectivity index (χ1) is 20.0. The molecular formula is C28H23F6IN4O3. The number of rotatable bonds is 8. The first kappa shape index (κ1) is 28.6. The summed E-state index contributed by atoms with van der Waals surface area (Å²) in [5.41, 5.74) is 0.377. The van der Waals surface area contributed by atoms with Crippen molar-refractivity contribution in [3.05, 3.63) is 69.3 Å². The van der Waals surface area contributed by atoms with Crippen LogP contribution in [0.4, 0.5) is 26.3 Å². The van der Waals surface area contributed by atoms with Gasteiger partial charge in [-0.15, -0.1) is 0 Å². The Kier molecular flexibility index (Phi) is 7.43. The quantitative estimate of drug-likeness (QED) is 0.123. The van der Waals surface area contributed by atoms with Gasteiger partial charge in [-0.3, -0.25) is 0 Å². The first-order valence-electron chi connectivity index (χ1n) is 12.8. The second-order valence-electron chi connectivity index (χ2n) is 9.85. The van der Waals surface area contributed by atoms with Crippen molar-refractivity contribution in [2.24, 2.45) is 0 Å². The number of carbonyl (C=O) groups excluding carboxylic acids is 1. The van der Waals surface area contributed by atoms with Crippen LogP contribution in [0.1, 0.15) is 41.4 Å². The van der Waals surface area contributed by atoms with Crippen molar-refractivity contribution >= 4 is 36.6 Å². The Balaban J connectivity index is 1.34. The summed E-state index contributed by atoms with van der Waals surface area (Å²) in [6, 6.07) is 9.27. The van der Waals surface area contributed by atoms with E-state index in [0.29, 0.717) is 24.5 Å². The van der Waals surface area contributed by atoms with Gasteiger partial charge >= 0.3 is 234 Å². The van der Waals surface area contributed by atoms with E-state index in [2.05, 4.69) is 15.4 Å². The number of methoxy groups -OCH3 is 1. The number of benzene rings is 2. The zero-order chi connectivity index (χ0) is 29.8. The standard InChI is InChI=1S/C28H23F6IN4O3/c1-41-22-9-15(8-16-12-39(27(30)31)38-23(16)22)26(40)36-11-19(28(32,33)34)21-10-20-25(42-13-35(20)18-6-7-18)24(37-21)14-2-4-17(29)5-3-14/h2-5,8-10,12,18-19,27H,6-7,11,13H2,1H3,(H,36,40)/t19-/m1/s1. The van der Waals surface area contributed by atoms with Gasteiger partial charge in [0.15, 0.2) is 0 Å². The van der Waals surface area contributed by atoms with Crippen molar-refractivity contribution in [3.8, 4) is 22.8 Å². The summed E-state index contributed by atoms with van der Waals surface area (Å²) in [5, 5.41) is 6.24. The summed E-state index contributed by atoms with van der Waals surface area (Å²) in [6.45, 7) is -3.76. The van der Waals surface area contributed by atoms with Crippen molar-refractivity contribution in [1.29, 1.82) is 0 Å². The summed E-state index contributed by atoms with van der Waals surface area (Å²) >= 11 is -1.93. The van der Waals surface area contributed by atoms with Gasteiger partial charge in [0.25, 0.3) is 0 Å².